The minimum atomic E-state index is -0.372. The first-order valence-corrected chi connectivity index (χ1v) is 8.47. The van der Waals surface area contributed by atoms with Crippen LogP contribution in [0.3, 0.4) is 0 Å². The lowest BCUT2D eigenvalue weighted by Crippen LogP contribution is -2.66. The zero-order chi connectivity index (χ0) is 17.0. The van der Waals surface area contributed by atoms with E-state index in [1.54, 1.807) is 6.07 Å². The summed E-state index contributed by atoms with van der Waals surface area (Å²) in [5, 5.41) is 0.861. The number of anilines is 1. The van der Waals surface area contributed by atoms with Crippen molar-refractivity contribution in [2.45, 2.75) is 6.92 Å². The van der Waals surface area contributed by atoms with Crippen LogP contribution in [-0.4, -0.2) is 31.3 Å². The predicted molar refractivity (Wildman–Crippen MR) is 95.9 cm³/mol. The van der Waals surface area contributed by atoms with Crippen LogP contribution in [0.15, 0.2) is 51.7 Å². The molecule has 5 nitrogen and oxygen atoms in total. The Morgan fingerprint density at radius 2 is 1.88 bits per heavy atom. The Kier molecular flexibility index (Phi) is 3.03. The molecule has 0 aliphatic carbocycles. The van der Waals surface area contributed by atoms with E-state index in [1.807, 2.05) is 43.3 Å². The first kappa shape index (κ1) is 14.7. The smallest absolute Gasteiger partial charge is 0.338 e. The molecule has 2 aromatic heterocycles. The van der Waals surface area contributed by atoms with Gasteiger partial charge < -0.3 is 14.1 Å². The molecule has 0 bridgehead atoms. The Bertz CT molecular complexity index is 1030. The fraction of sp³-hybridized carbons (Fsp3) is 0.300. The molecule has 1 spiro atoms. The maximum Gasteiger partial charge on any atom is 0.338 e. The standard InChI is InChI=1S/C20H18N2O3/c1-13-4-2-3-5-14(13)16-8-18(23)25-19-15(16)6-7-17(21-19)22-9-20(10-22)11-24-12-20/h2-8H,9-12H2,1H3. The molecule has 0 atom stereocenters. The molecular formula is C20H18N2O3. The largest absolute Gasteiger partial charge is 0.404 e. The van der Waals surface area contributed by atoms with Gasteiger partial charge >= 0.3 is 5.63 Å². The summed E-state index contributed by atoms with van der Waals surface area (Å²) in [4.78, 5) is 18.9. The van der Waals surface area contributed by atoms with Crippen LogP contribution >= 0.6 is 0 Å². The number of rotatable bonds is 2. The first-order valence-electron chi connectivity index (χ1n) is 8.47. The summed E-state index contributed by atoms with van der Waals surface area (Å²) >= 11 is 0. The van der Waals surface area contributed by atoms with E-state index in [4.69, 9.17) is 9.15 Å². The minimum Gasteiger partial charge on any atom is -0.404 e. The molecule has 0 N–H and O–H groups in total. The second-order valence-corrected chi connectivity index (χ2v) is 7.17. The van der Waals surface area contributed by atoms with Gasteiger partial charge in [0.15, 0.2) is 0 Å². The number of aryl methyl sites for hydroxylation is 1. The van der Waals surface area contributed by atoms with E-state index >= 15 is 0 Å². The van der Waals surface area contributed by atoms with Crippen molar-refractivity contribution < 1.29 is 9.15 Å². The molecular weight excluding hydrogens is 316 g/mol. The number of fused-ring (bicyclic) bond motifs is 1. The normalized spacial score (nSPS) is 18.2. The number of ether oxygens (including phenoxy) is 1. The van der Waals surface area contributed by atoms with E-state index in [0.717, 1.165) is 54.2 Å². The van der Waals surface area contributed by atoms with E-state index in [1.165, 1.54) is 0 Å². The third-order valence-corrected chi connectivity index (χ3v) is 5.22. The van der Waals surface area contributed by atoms with Crippen molar-refractivity contribution in [2.75, 3.05) is 31.2 Å². The average molecular weight is 334 g/mol. The van der Waals surface area contributed by atoms with E-state index in [0.29, 0.717) is 11.1 Å². The topological polar surface area (TPSA) is 55.6 Å². The highest BCUT2D eigenvalue weighted by atomic mass is 16.5. The molecule has 2 saturated heterocycles. The quantitative estimate of drug-likeness (QED) is 0.721. The van der Waals surface area contributed by atoms with Gasteiger partial charge in [-0.05, 0) is 30.2 Å². The summed E-state index contributed by atoms with van der Waals surface area (Å²) in [7, 11) is 0. The Labute approximate surface area is 144 Å². The maximum absolute atomic E-state index is 12.1. The van der Waals surface area contributed by atoms with Gasteiger partial charge in [0, 0.05) is 30.1 Å². The highest BCUT2D eigenvalue weighted by Crippen LogP contribution is 2.40. The molecule has 4 heterocycles. The molecule has 2 aliphatic rings. The summed E-state index contributed by atoms with van der Waals surface area (Å²) in [6.07, 6.45) is 0. The molecule has 0 saturated carbocycles. The second-order valence-electron chi connectivity index (χ2n) is 7.17. The van der Waals surface area contributed by atoms with Gasteiger partial charge in [-0.15, -0.1) is 0 Å². The molecule has 1 aromatic carbocycles. The molecule has 5 rings (SSSR count). The molecule has 25 heavy (non-hydrogen) atoms. The summed E-state index contributed by atoms with van der Waals surface area (Å²) < 4.78 is 10.7. The van der Waals surface area contributed by atoms with Crippen LogP contribution in [0.25, 0.3) is 22.2 Å². The van der Waals surface area contributed by atoms with Crippen LogP contribution in [0.1, 0.15) is 5.56 Å². The lowest BCUT2D eigenvalue weighted by Gasteiger charge is -2.55. The lowest BCUT2D eigenvalue weighted by molar-refractivity contribution is -0.127. The van der Waals surface area contributed by atoms with Crippen molar-refractivity contribution in [2.24, 2.45) is 5.41 Å². The zero-order valence-electron chi connectivity index (χ0n) is 14.0. The fourth-order valence-corrected chi connectivity index (χ4v) is 3.81. The van der Waals surface area contributed by atoms with Crippen molar-refractivity contribution in [3.63, 3.8) is 0 Å². The summed E-state index contributed by atoms with van der Waals surface area (Å²) in [6.45, 7) is 5.62. The lowest BCUT2D eigenvalue weighted by atomic mass is 9.78. The van der Waals surface area contributed by atoms with Crippen LogP contribution in [-0.2, 0) is 4.74 Å². The average Bonchev–Trinajstić information content (AvgIpc) is 2.51. The Morgan fingerprint density at radius 1 is 1.08 bits per heavy atom. The summed E-state index contributed by atoms with van der Waals surface area (Å²) in [6, 6.07) is 13.6. The van der Waals surface area contributed by atoms with Crippen LogP contribution in [0.5, 0.6) is 0 Å². The SMILES string of the molecule is Cc1ccccc1-c1cc(=O)oc2nc(N3CC4(COC4)C3)ccc12. The Hall–Kier alpha value is -2.66. The van der Waals surface area contributed by atoms with Gasteiger partial charge in [0.05, 0.1) is 18.6 Å². The van der Waals surface area contributed by atoms with E-state index < -0.39 is 0 Å². The van der Waals surface area contributed by atoms with Gasteiger partial charge in [-0.25, -0.2) is 4.79 Å². The van der Waals surface area contributed by atoms with Gasteiger partial charge in [-0.2, -0.15) is 4.98 Å². The Morgan fingerprint density at radius 3 is 2.60 bits per heavy atom. The number of hydrogen-bond acceptors (Lipinski definition) is 5. The molecule has 0 amide bonds. The number of nitrogens with zero attached hydrogens (tertiary/aromatic N) is 2. The van der Waals surface area contributed by atoms with Crippen molar-refractivity contribution >= 4 is 16.9 Å². The number of aromatic nitrogens is 1. The van der Waals surface area contributed by atoms with E-state index in [-0.39, 0.29) is 5.63 Å². The minimum absolute atomic E-state index is 0.320. The van der Waals surface area contributed by atoms with E-state index in [2.05, 4.69) is 9.88 Å². The van der Waals surface area contributed by atoms with E-state index in [9.17, 15) is 4.79 Å². The molecule has 0 radical (unpaired) electrons. The van der Waals surface area contributed by atoms with Crippen LogP contribution < -0.4 is 10.5 Å². The predicted octanol–water partition coefficient (Wildman–Crippen LogP) is 3.00. The maximum atomic E-state index is 12.1. The molecule has 0 unspecified atom stereocenters. The summed E-state index contributed by atoms with van der Waals surface area (Å²) in [5.74, 6) is 0.857. The van der Waals surface area contributed by atoms with Gasteiger partial charge in [-0.3, -0.25) is 0 Å². The Balaban J connectivity index is 1.59. The van der Waals surface area contributed by atoms with Crippen LogP contribution in [0, 0.1) is 12.3 Å². The third-order valence-electron chi connectivity index (χ3n) is 5.22. The number of benzene rings is 1. The molecule has 5 heteroatoms. The van der Waals surface area contributed by atoms with Crippen molar-refractivity contribution in [1.29, 1.82) is 0 Å². The van der Waals surface area contributed by atoms with Crippen LogP contribution in [0.2, 0.25) is 0 Å². The fourth-order valence-electron chi connectivity index (χ4n) is 3.81. The van der Waals surface area contributed by atoms with Gasteiger partial charge in [0.1, 0.15) is 5.82 Å². The molecule has 2 fully saturated rings. The van der Waals surface area contributed by atoms with Crippen LogP contribution in [0.4, 0.5) is 5.82 Å². The number of hydrogen-bond donors (Lipinski definition) is 0. The van der Waals surface area contributed by atoms with Gasteiger partial charge in [-0.1, -0.05) is 24.3 Å². The van der Waals surface area contributed by atoms with Gasteiger partial charge in [0.2, 0.25) is 5.71 Å². The third kappa shape index (κ3) is 2.27. The monoisotopic (exact) mass is 334 g/mol. The van der Waals surface area contributed by atoms with Gasteiger partial charge in [0.25, 0.3) is 0 Å². The zero-order valence-corrected chi connectivity index (χ0v) is 14.0. The molecule has 3 aromatic rings. The summed E-state index contributed by atoms with van der Waals surface area (Å²) in [5.41, 5.74) is 3.37. The highest BCUT2D eigenvalue weighted by Gasteiger charge is 2.49. The molecule has 2 aliphatic heterocycles. The van der Waals surface area contributed by atoms with Crippen molar-refractivity contribution in [1.82, 2.24) is 4.98 Å². The van der Waals surface area contributed by atoms with Crippen molar-refractivity contribution in [3.8, 4) is 11.1 Å². The highest BCUT2D eigenvalue weighted by molar-refractivity contribution is 5.93. The molecule has 126 valence electrons. The number of pyridine rings is 1. The van der Waals surface area contributed by atoms with Crippen molar-refractivity contribution in [3.05, 3.63) is 58.4 Å². The first-order chi connectivity index (χ1) is 12.1. The second kappa shape index (κ2) is 5.17.